The molecule has 4 aromatic rings. The molecule has 0 aliphatic heterocycles. The van der Waals surface area contributed by atoms with Crippen LogP contribution in [0.5, 0.6) is 5.75 Å². The van der Waals surface area contributed by atoms with E-state index in [-0.39, 0.29) is 6.42 Å². The van der Waals surface area contributed by atoms with Gasteiger partial charge in [0.25, 0.3) is 5.91 Å². The number of hydrogen-bond acceptors (Lipinski definition) is 4. The van der Waals surface area contributed by atoms with Crippen LogP contribution in [0.3, 0.4) is 0 Å². The molecule has 1 N–H and O–H groups in total. The van der Waals surface area contributed by atoms with Crippen molar-refractivity contribution >= 4 is 17.6 Å². The maximum Gasteiger partial charge on any atom is 0.311 e. The normalized spacial score (nSPS) is 11.3. The molecule has 0 radical (unpaired) electrons. The van der Waals surface area contributed by atoms with E-state index in [9.17, 15) is 9.59 Å². The molecule has 0 spiro atoms. The summed E-state index contributed by atoms with van der Waals surface area (Å²) in [6, 6.07) is 33.5. The molecule has 0 saturated carbocycles. The molecule has 0 aliphatic carbocycles. The molecule has 4 aromatic carbocycles. The Balaban J connectivity index is 1.53. The predicted octanol–water partition coefficient (Wildman–Crippen LogP) is 5.83. The van der Waals surface area contributed by atoms with E-state index in [1.54, 1.807) is 43.5 Å². The summed E-state index contributed by atoms with van der Waals surface area (Å²) in [6.45, 7) is 0. The van der Waals surface area contributed by atoms with Crippen LogP contribution in [0.15, 0.2) is 109 Å². The summed E-state index contributed by atoms with van der Waals surface area (Å²) in [5, 5.41) is 2.83. The largest absolute Gasteiger partial charge is 0.497 e. The average molecular weight is 452 g/mol. The van der Waals surface area contributed by atoms with Crippen molar-refractivity contribution in [2.24, 2.45) is 0 Å². The number of amides is 1. The third kappa shape index (κ3) is 5.70. The molecule has 0 heterocycles. The molecule has 5 nitrogen and oxygen atoms in total. The molecule has 0 aromatic heterocycles. The van der Waals surface area contributed by atoms with Gasteiger partial charge in [-0.3, -0.25) is 9.59 Å². The first-order valence-electron chi connectivity index (χ1n) is 11.0. The van der Waals surface area contributed by atoms with E-state index in [1.807, 2.05) is 72.8 Å². The summed E-state index contributed by atoms with van der Waals surface area (Å²) >= 11 is 0. The average Bonchev–Trinajstić information content (AvgIpc) is 2.89. The van der Waals surface area contributed by atoms with E-state index < -0.39 is 18.0 Å². The lowest BCUT2D eigenvalue weighted by atomic mass is 9.98. The molecule has 34 heavy (non-hydrogen) atoms. The molecule has 0 fully saturated rings. The van der Waals surface area contributed by atoms with Crippen LogP contribution < -0.4 is 10.1 Å². The summed E-state index contributed by atoms with van der Waals surface area (Å²) in [5.74, 6) is -0.232. The summed E-state index contributed by atoms with van der Waals surface area (Å²) in [6.07, 6.45) is -1.04. The van der Waals surface area contributed by atoms with Gasteiger partial charge >= 0.3 is 5.97 Å². The van der Waals surface area contributed by atoms with Crippen LogP contribution in [0, 0.1) is 0 Å². The smallest absolute Gasteiger partial charge is 0.311 e. The minimum absolute atomic E-state index is 0.0459. The van der Waals surface area contributed by atoms with E-state index in [4.69, 9.17) is 9.47 Å². The van der Waals surface area contributed by atoms with Crippen molar-refractivity contribution in [3.8, 4) is 16.9 Å². The first-order chi connectivity index (χ1) is 16.6. The number of methoxy groups -OCH3 is 1. The SMILES string of the molecule is COc1ccc(NC(=O)C(OC(=O)Cc2ccccc2-c2ccccc2)c2ccccc2)cc1. The minimum atomic E-state index is -1.08. The second-order valence-electron chi connectivity index (χ2n) is 7.70. The zero-order valence-electron chi connectivity index (χ0n) is 18.8. The van der Waals surface area contributed by atoms with Crippen LogP contribution in [0.4, 0.5) is 5.69 Å². The fourth-order valence-electron chi connectivity index (χ4n) is 3.69. The summed E-state index contributed by atoms with van der Waals surface area (Å²) in [5.41, 5.74) is 3.98. The van der Waals surface area contributed by atoms with Crippen molar-refractivity contribution in [3.63, 3.8) is 0 Å². The van der Waals surface area contributed by atoms with Gasteiger partial charge in [0.2, 0.25) is 6.10 Å². The van der Waals surface area contributed by atoms with Crippen LogP contribution in [0.25, 0.3) is 11.1 Å². The van der Waals surface area contributed by atoms with E-state index in [2.05, 4.69) is 5.32 Å². The third-order valence-electron chi connectivity index (χ3n) is 5.38. The summed E-state index contributed by atoms with van der Waals surface area (Å²) < 4.78 is 10.9. The molecule has 0 aliphatic rings. The predicted molar refractivity (Wildman–Crippen MR) is 132 cm³/mol. The number of carbonyl (C=O) groups excluding carboxylic acids is 2. The zero-order chi connectivity index (χ0) is 23.8. The maximum atomic E-state index is 13.1. The van der Waals surface area contributed by atoms with Crippen molar-refractivity contribution in [2.45, 2.75) is 12.5 Å². The number of anilines is 1. The zero-order valence-corrected chi connectivity index (χ0v) is 18.8. The number of carbonyl (C=O) groups is 2. The number of ether oxygens (including phenoxy) is 2. The summed E-state index contributed by atoms with van der Waals surface area (Å²) in [4.78, 5) is 26.1. The minimum Gasteiger partial charge on any atom is -0.497 e. The van der Waals surface area contributed by atoms with Crippen molar-refractivity contribution < 1.29 is 19.1 Å². The lowest BCUT2D eigenvalue weighted by Crippen LogP contribution is -2.26. The Labute approximate surface area is 199 Å². The Morgan fingerprint density at radius 2 is 1.38 bits per heavy atom. The molecule has 5 heteroatoms. The Morgan fingerprint density at radius 3 is 2.06 bits per heavy atom. The second kappa shape index (κ2) is 11.0. The molecule has 170 valence electrons. The number of hydrogen-bond donors (Lipinski definition) is 1. The molecule has 0 bridgehead atoms. The molecule has 1 unspecified atom stereocenters. The van der Waals surface area contributed by atoms with Gasteiger partial charge < -0.3 is 14.8 Å². The van der Waals surface area contributed by atoms with Crippen LogP contribution in [-0.4, -0.2) is 19.0 Å². The van der Waals surface area contributed by atoms with E-state index in [0.29, 0.717) is 17.0 Å². The quantitative estimate of drug-likeness (QED) is 0.343. The lowest BCUT2D eigenvalue weighted by molar-refractivity contribution is -0.154. The van der Waals surface area contributed by atoms with Crippen molar-refractivity contribution in [2.75, 3.05) is 12.4 Å². The lowest BCUT2D eigenvalue weighted by Gasteiger charge is -2.19. The standard InChI is InChI=1S/C29H25NO4/c1-33-25-18-16-24(17-19-25)30-29(32)28(22-12-6-3-7-13-22)34-27(31)20-23-14-8-9-15-26(23)21-10-4-2-5-11-21/h2-19,28H,20H2,1H3,(H,30,32). The van der Waals surface area contributed by atoms with Gasteiger partial charge in [0, 0.05) is 11.3 Å². The van der Waals surface area contributed by atoms with Crippen LogP contribution in [0.2, 0.25) is 0 Å². The van der Waals surface area contributed by atoms with Crippen molar-refractivity contribution in [1.82, 2.24) is 0 Å². The molecular weight excluding hydrogens is 426 g/mol. The van der Waals surface area contributed by atoms with Gasteiger partial charge in [0.15, 0.2) is 0 Å². The number of benzene rings is 4. The Bertz CT molecular complexity index is 1240. The Hall–Kier alpha value is -4.38. The van der Waals surface area contributed by atoms with Gasteiger partial charge in [0.1, 0.15) is 5.75 Å². The van der Waals surface area contributed by atoms with E-state index in [0.717, 1.165) is 16.7 Å². The first kappa shape index (κ1) is 22.8. The topological polar surface area (TPSA) is 64.6 Å². The number of nitrogens with one attached hydrogen (secondary N) is 1. The summed E-state index contributed by atoms with van der Waals surface area (Å²) in [7, 11) is 1.58. The van der Waals surface area contributed by atoms with Crippen molar-refractivity contribution in [3.05, 3.63) is 120 Å². The maximum absolute atomic E-state index is 13.1. The van der Waals surface area contributed by atoms with Crippen LogP contribution in [0.1, 0.15) is 17.2 Å². The van der Waals surface area contributed by atoms with Crippen LogP contribution >= 0.6 is 0 Å². The van der Waals surface area contributed by atoms with Gasteiger partial charge in [-0.1, -0.05) is 84.9 Å². The number of esters is 1. The molecule has 4 rings (SSSR count). The fraction of sp³-hybridized carbons (Fsp3) is 0.103. The van der Waals surface area contributed by atoms with Gasteiger partial charge in [-0.05, 0) is 41.0 Å². The van der Waals surface area contributed by atoms with E-state index >= 15 is 0 Å². The second-order valence-corrected chi connectivity index (χ2v) is 7.70. The highest BCUT2D eigenvalue weighted by Gasteiger charge is 2.25. The van der Waals surface area contributed by atoms with Crippen LogP contribution in [-0.2, 0) is 20.7 Å². The highest BCUT2D eigenvalue weighted by Crippen LogP contribution is 2.26. The van der Waals surface area contributed by atoms with Gasteiger partial charge in [-0.15, -0.1) is 0 Å². The molecule has 1 amide bonds. The van der Waals surface area contributed by atoms with Gasteiger partial charge in [0.05, 0.1) is 13.5 Å². The Kier molecular flexibility index (Phi) is 7.35. The van der Waals surface area contributed by atoms with Gasteiger partial charge in [-0.25, -0.2) is 0 Å². The molecule has 0 saturated heterocycles. The van der Waals surface area contributed by atoms with Crippen molar-refractivity contribution in [1.29, 1.82) is 0 Å². The van der Waals surface area contributed by atoms with E-state index in [1.165, 1.54) is 0 Å². The highest BCUT2D eigenvalue weighted by molar-refractivity contribution is 5.96. The molecular formula is C29H25NO4. The third-order valence-corrected chi connectivity index (χ3v) is 5.38. The highest BCUT2D eigenvalue weighted by atomic mass is 16.5. The Morgan fingerprint density at radius 1 is 0.765 bits per heavy atom. The van der Waals surface area contributed by atoms with Gasteiger partial charge in [-0.2, -0.15) is 0 Å². The first-order valence-corrected chi connectivity index (χ1v) is 11.0. The molecule has 1 atom stereocenters. The monoisotopic (exact) mass is 451 g/mol. The number of rotatable bonds is 8. The fourth-order valence-corrected chi connectivity index (χ4v) is 3.69.